The number of hydrogen-bond acceptors (Lipinski definition) is 5. The smallest absolute Gasteiger partial charge is 0.317 e. The second kappa shape index (κ2) is 9.98. The van der Waals surface area contributed by atoms with Gasteiger partial charge in [0.25, 0.3) is 0 Å². The summed E-state index contributed by atoms with van der Waals surface area (Å²) >= 11 is 0. The van der Waals surface area contributed by atoms with Gasteiger partial charge >= 0.3 is 6.03 Å². The third-order valence-electron chi connectivity index (χ3n) is 5.75. The summed E-state index contributed by atoms with van der Waals surface area (Å²) in [7, 11) is 1.68. The van der Waals surface area contributed by atoms with Gasteiger partial charge in [0.2, 0.25) is 0 Å². The normalized spacial score (nSPS) is 19.6. The summed E-state index contributed by atoms with van der Waals surface area (Å²) < 4.78 is 10.7. The van der Waals surface area contributed by atoms with E-state index in [1.165, 1.54) is 5.69 Å². The predicted octanol–water partition coefficient (Wildman–Crippen LogP) is 1.88. The van der Waals surface area contributed by atoms with Crippen LogP contribution < -0.4 is 15.0 Å². The number of nitrogens with one attached hydrogen (secondary N) is 1. The van der Waals surface area contributed by atoms with E-state index in [4.69, 9.17) is 9.47 Å². The van der Waals surface area contributed by atoms with Crippen LogP contribution >= 0.6 is 0 Å². The van der Waals surface area contributed by atoms with Crippen LogP contribution in [0.5, 0.6) is 5.75 Å². The fourth-order valence-corrected chi connectivity index (χ4v) is 3.96. The molecule has 0 saturated carbocycles. The molecular formula is C21H34N4O3. The van der Waals surface area contributed by atoms with Crippen molar-refractivity contribution >= 4 is 11.7 Å². The number of ether oxygens (including phenoxy) is 2. The van der Waals surface area contributed by atoms with Crippen molar-refractivity contribution < 1.29 is 14.3 Å². The minimum atomic E-state index is 0.0493. The van der Waals surface area contributed by atoms with Gasteiger partial charge in [0.1, 0.15) is 5.75 Å². The molecule has 2 heterocycles. The van der Waals surface area contributed by atoms with Crippen LogP contribution in [0.3, 0.4) is 0 Å². The average Bonchev–Trinajstić information content (AvgIpc) is 2.74. The fourth-order valence-electron chi connectivity index (χ4n) is 3.96. The second-order valence-corrected chi connectivity index (χ2v) is 7.82. The van der Waals surface area contributed by atoms with E-state index in [1.54, 1.807) is 7.11 Å². The molecule has 1 atom stereocenters. The molecule has 0 radical (unpaired) electrons. The number of rotatable bonds is 6. The molecule has 2 saturated heterocycles. The van der Waals surface area contributed by atoms with Gasteiger partial charge in [-0.15, -0.1) is 0 Å². The van der Waals surface area contributed by atoms with E-state index in [0.717, 1.165) is 58.2 Å². The van der Waals surface area contributed by atoms with Crippen molar-refractivity contribution in [2.45, 2.75) is 19.9 Å². The second-order valence-electron chi connectivity index (χ2n) is 7.82. The van der Waals surface area contributed by atoms with Crippen LogP contribution in [0.2, 0.25) is 0 Å². The Morgan fingerprint density at radius 3 is 2.29 bits per heavy atom. The molecule has 7 heteroatoms. The Labute approximate surface area is 168 Å². The van der Waals surface area contributed by atoms with Crippen LogP contribution in [0.4, 0.5) is 10.5 Å². The predicted molar refractivity (Wildman–Crippen MR) is 111 cm³/mol. The van der Waals surface area contributed by atoms with Crippen molar-refractivity contribution in [1.29, 1.82) is 0 Å². The molecule has 2 aliphatic rings. The lowest BCUT2D eigenvalue weighted by molar-refractivity contribution is 0.00693. The zero-order valence-corrected chi connectivity index (χ0v) is 17.4. The zero-order chi connectivity index (χ0) is 19.9. The van der Waals surface area contributed by atoms with Gasteiger partial charge in [0.05, 0.1) is 20.3 Å². The number of anilines is 1. The molecule has 1 N–H and O–H groups in total. The van der Waals surface area contributed by atoms with E-state index < -0.39 is 0 Å². The van der Waals surface area contributed by atoms with E-state index in [0.29, 0.717) is 18.5 Å². The van der Waals surface area contributed by atoms with Gasteiger partial charge in [-0.05, 0) is 30.2 Å². The fraction of sp³-hybridized carbons (Fsp3) is 0.667. The van der Waals surface area contributed by atoms with E-state index in [-0.39, 0.29) is 6.03 Å². The minimum absolute atomic E-state index is 0.0493. The summed E-state index contributed by atoms with van der Waals surface area (Å²) in [5.41, 5.74) is 1.17. The number of carbonyl (C=O) groups is 1. The van der Waals surface area contributed by atoms with Crippen LogP contribution in [-0.4, -0.2) is 88.0 Å². The van der Waals surface area contributed by atoms with Crippen molar-refractivity contribution in [2.24, 2.45) is 5.92 Å². The molecule has 0 bridgehead atoms. The summed E-state index contributed by atoms with van der Waals surface area (Å²) in [5.74, 6) is 1.35. The van der Waals surface area contributed by atoms with Gasteiger partial charge in [0.15, 0.2) is 0 Å². The summed E-state index contributed by atoms with van der Waals surface area (Å²) in [6.07, 6.45) is 0. The van der Waals surface area contributed by atoms with Crippen molar-refractivity contribution in [3.8, 4) is 5.75 Å². The molecule has 1 aromatic rings. The maximum absolute atomic E-state index is 12.7. The van der Waals surface area contributed by atoms with Gasteiger partial charge < -0.3 is 24.6 Å². The van der Waals surface area contributed by atoms with Crippen molar-refractivity contribution in [2.75, 3.05) is 71.0 Å². The quantitative estimate of drug-likeness (QED) is 0.804. The molecular weight excluding hydrogens is 356 g/mol. The number of benzene rings is 1. The Kier molecular flexibility index (Phi) is 7.39. The van der Waals surface area contributed by atoms with Crippen LogP contribution in [0.15, 0.2) is 24.3 Å². The number of amides is 2. The van der Waals surface area contributed by atoms with Crippen LogP contribution in [0.25, 0.3) is 0 Å². The monoisotopic (exact) mass is 390 g/mol. The van der Waals surface area contributed by atoms with Crippen LogP contribution in [-0.2, 0) is 4.74 Å². The van der Waals surface area contributed by atoms with Gasteiger partial charge in [-0.25, -0.2) is 4.79 Å². The van der Waals surface area contributed by atoms with Crippen molar-refractivity contribution in [3.63, 3.8) is 0 Å². The third kappa shape index (κ3) is 5.29. The summed E-state index contributed by atoms with van der Waals surface area (Å²) in [6, 6.07) is 8.51. The number of urea groups is 1. The van der Waals surface area contributed by atoms with Crippen LogP contribution in [0, 0.1) is 5.92 Å². The van der Waals surface area contributed by atoms with E-state index >= 15 is 0 Å². The summed E-state index contributed by atoms with van der Waals surface area (Å²) in [5, 5.41) is 3.17. The molecule has 0 aliphatic carbocycles. The summed E-state index contributed by atoms with van der Waals surface area (Å²) in [6.45, 7) is 11.7. The Hall–Kier alpha value is -1.99. The Bertz CT molecular complexity index is 609. The number of nitrogens with zero attached hydrogens (tertiary/aromatic N) is 3. The maximum atomic E-state index is 12.7. The molecule has 2 aliphatic heterocycles. The van der Waals surface area contributed by atoms with Gasteiger partial charge in [-0.3, -0.25) is 4.90 Å². The topological polar surface area (TPSA) is 57.3 Å². The molecule has 1 aromatic carbocycles. The lowest BCUT2D eigenvalue weighted by atomic mass is 10.0. The van der Waals surface area contributed by atoms with E-state index in [9.17, 15) is 4.79 Å². The first kappa shape index (κ1) is 20.7. The van der Waals surface area contributed by atoms with Gasteiger partial charge in [-0.2, -0.15) is 0 Å². The summed E-state index contributed by atoms with van der Waals surface area (Å²) in [4.78, 5) is 19.4. The molecule has 3 rings (SSSR count). The molecule has 28 heavy (non-hydrogen) atoms. The number of methoxy groups -OCH3 is 1. The first-order valence-corrected chi connectivity index (χ1v) is 10.3. The van der Waals surface area contributed by atoms with Gasteiger partial charge in [0, 0.05) is 57.5 Å². The highest BCUT2D eigenvalue weighted by atomic mass is 16.5. The van der Waals surface area contributed by atoms with Crippen molar-refractivity contribution in [1.82, 2.24) is 15.1 Å². The molecule has 156 valence electrons. The first-order valence-electron chi connectivity index (χ1n) is 10.3. The Morgan fingerprint density at radius 1 is 1.07 bits per heavy atom. The highest BCUT2D eigenvalue weighted by molar-refractivity contribution is 5.74. The maximum Gasteiger partial charge on any atom is 0.317 e. The zero-order valence-electron chi connectivity index (χ0n) is 17.4. The van der Waals surface area contributed by atoms with Crippen LogP contribution in [0.1, 0.15) is 13.8 Å². The first-order chi connectivity index (χ1) is 13.6. The minimum Gasteiger partial charge on any atom is -0.497 e. The molecule has 1 unspecified atom stereocenters. The highest BCUT2D eigenvalue weighted by Gasteiger charge is 2.26. The molecule has 0 spiro atoms. The number of hydrogen-bond donors (Lipinski definition) is 1. The standard InChI is InChI=1S/C21H34N4O3/c1-17(2)20(24-12-14-28-15-13-24)16-22-21(26)25-10-8-23(9-11-25)18-4-6-19(27-3)7-5-18/h4-7,17,20H,8-16H2,1-3H3,(H,22,26). The average molecular weight is 391 g/mol. The van der Waals surface area contributed by atoms with Gasteiger partial charge in [-0.1, -0.05) is 13.8 Å². The Morgan fingerprint density at radius 2 is 1.71 bits per heavy atom. The van der Waals surface area contributed by atoms with E-state index in [2.05, 4.69) is 41.1 Å². The molecule has 2 amide bonds. The van der Waals surface area contributed by atoms with E-state index in [1.807, 2.05) is 17.0 Å². The lowest BCUT2D eigenvalue weighted by Gasteiger charge is -2.38. The number of piperazine rings is 1. The number of carbonyl (C=O) groups excluding carboxylic acids is 1. The molecule has 0 aromatic heterocycles. The largest absolute Gasteiger partial charge is 0.497 e. The molecule has 7 nitrogen and oxygen atoms in total. The van der Waals surface area contributed by atoms with Crippen molar-refractivity contribution in [3.05, 3.63) is 24.3 Å². The lowest BCUT2D eigenvalue weighted by Crippen LogP contribution is -2.55. The highest BCUT2D eigenvalue weighted by Crippen LogP contribution is 2.20. The Balaban J connectivity index is 1.46. The SMILES string of the molecule is COc1ccc(N2CCN(C(=O)NCC(C(C)C)N3CCOCC3)CC2)cc1. The number of morpholine rings is 1. The molecule has 2 fully saturated rings. The third-order valence-corrected chi connectivity index (χ3v) is 5.75.